The lowest BCUT2D eigenvalue weighted by Gasteiger charge is -2.26. The van der Waals surface area contributed by atoms with Crippen LogP contribution < -0.4 is 0 Å². The lowest BCUT2D eigenvalue weighted by atomic mass is 10.1. The van der Waals surface area contributed by atoms with Gasteiger partial charge in [-0.25, -0.2) is 22.0 Å². The van der Waals surface area contributed by atoms with E-state index in [1.165, 1.54) is 0 Å². The Morgan fingerprint density at radius 2 is 1.24 bits per heavy atom. The van der Waals surface area contributed by atoms with Crippen molar-refractivity contribution >= 4 is 21.6 Å². The highest BCUT2D eigenvalue weighted by Gasteiger charge is 2.40. The molecular weight excluding hydrogens is 339 g/mol. The number of hydrogen-bond donors (Lipinski definition) is 1. The molecule has 118 valence electrons. The molecule has 0 saturated carbocycles. The van der Waals surface area contributed by atoms with Gasteiger partial charge >= 0.3 is 0 Å². The zero-order valence-corrected chi connectivity index (χ0v) is 11.9. The van der Waals surface area contributed by atoms with Crippen molar-refractivity contribution in [2.45, 2.75) is 17.1 Å². The Kier molecular flexibility index (Phi) is 4.79. The van der Waals surface area contributed by atoms with E-state index in [4.69, 9.17) is 0 Å². The van der Waals surface area contributed by atoms with Gasteiger partial charge in [-0.05, 0) is 6.42 Å². The number of hydrogen-bond acceptors (Lipinski definition) is 3. The van der Waals surface area contributed by atoms with Crippen LogP contribution in [0.25, 0.3) is 0 Å². The second-order valence-electron chi connectivity index (χ2n) is 4.32. The van der Waals surface area contributed by atoms with Gasteiger partial charge in [-0.3, -0.25) is 8.42 Å². The summed E-state index contributed by atoms with van der Waals surface area (Å²) in [4.78, 5) is 0. The fourth-order valence-corrected chi connectivity index (χ4v) is 5.89. The van der Waals surface area contributed by atoms with Crippen molar-refractivity contribution in [2.75, 3.05) is 11.5 Å². The van der Waals surface area contributed by atoms with Crippen molar-refractivity contribution in [1.29, 1.82) is 0 Å². The summed E-state index contributed by atoms with van der Waals surface area (Å²) in [6.07, 6.45) is -1.99. The molecule has 1 aliphatic heterocycles. The van der Waals surface area contributed by atoms with E-state index >= 15 is 0 Å². The zero-order valence-electron chi connectivity index (χ0n) is 10.2. The fourth-order valence-electron chi connectivity index (χ4n) is 2.00. The summed E-state index contributed by atoms with van der Waals surface area (Å²) in [6, 6.07) is 0. The average molecular weight is 348 g/mol. The molecule has 1 heterocycles. The van der Waals surface area contributed by atoms with Crippen LogP contribution in [0.15, 0.2) is 0 Å². The van der Waals surface area contributed by atoms with Crippen molar-refractivity contribution in [3.63, 3.8) is 0 Å². The number of aliphatic hydroxyl groups excluding tert-OH is 1. The Hall–Kier alpha value is -0.870. The molecule has 1 aromatic rings. The molecule has 1 aliphatic rings. The maximum absolute atomic E-state index is 13.6. The lowest BCUT2D eigenvalue weighted by Crippen LogP contribution is -2.37. The van der Waals surface area contributed by atoms with Crippen LogP contribution in [-0.2, 0) is 21.6 Å². The minimum Gasteiger partial charge on any atom is -0.386 e. The number of rotatable bonds is 2. The first-order chi connectivity index (χ1) is 9.77. The highest BCUT2D eigenvalue weighted by atomic mass is 32.2. The second kappa shape index (κ2) is 6.09. The molecule has 21 heavy (non-hydrogen) atoms. The summed E-state index contributed by atoms with van der Waals surface area (Å²) in [6.45, 7) is 0. The van der Waals surface area contributed by atoms with E-state index in [-0.39, 0.29) is 11.5 Å². The van der Waals surface area contributed by atoms with Gasteiger partial charge in [-0.2, -0.15) is 0 Å². The first-order valence-electron chi connectivity index (χ1n) is 5.71. The number of benzene rings is 1. The molecule has 2 rings (SSSR count). The van der Waals surface area contributed by atoms with Gasteiger partial charge in [0.1, 0.15) is 10.7 Å². The quantitative estimate of drug-likeness (QED) is 0.502. The maximum atomic E-state index is 13.6. The minimum absolute atomic E-state index is 0.0306. The van der Waals surface area contributed by atoms with Crippen LogP contribution in [0.1, 0.15) is 18.1 Å². The topological polar surface area (TPSA) is 54.4 Å². The molecule has 0 amide bonds. The van der Waals surface area contributed by atoms with Crippen LogP contribution in [0.5, 0.6) is 0 Å². The Bertz CT molecular complexity index is 592. The van der Waals surface area contributed by atoms with E-state index in [9.17, 15) is 35.5 Å². The summed E-state index contributed by atoms with van der Waals surface area (Å²) < 4.78 is 88.2. The second-order valence-corrected chi connectivity index (χ2v) is 7.97. The SMILES string of the molecule is O=S1CCCS(=O)C1[C@H](O)c1c(F)c(F)c(F)c(F)c1F. The molecular formula is C11H9F5O3S2. The van der Waals surface area contributed by atoms with Gasteiger partial charge in [-0.1, -0.05) is 0 Å². The molecule has 0 aliphatic carbocycles. The Morgan fingerprint density at radius 1 is 0.857 bits per heavy atom. The standard InChI is InChI=1S/C11H9F5O3S2/c12-5-4(6(13)8(15)9(16)7(5)14)10(17)11-20(18)2-1-3-21(11)19/h10-11,17H,1-3H2/t10-,11?,20?,21?/m1/s1. The molecule has 0 spiro atoms. The molecule has 1 fully saturated rings. The van der Waals surface area contributed by atoms with Crippen molar-refractivity contribution in [3.05, 3.63) is 34.6 Å². The van der Waals surface area contributed by atoms with E-state index in [1.807, 2.05) is 0 Å². The van der Waals surface area contributed by atoms with Crippen molar-refractivity contribution in [3.8, 4) is 0 Å². The molecule has 1 N–H and O–H groups in total. The lowest BCUT2D eigenvalue weighted by molar-refractivity contribution is 0.177. The first kappa shape index (κ1) is 16.5. The predicted molar refractivity (Wildman–Crippen MR) is 65.6 cm³/mol. The van der Waals surface area contributed by atoms with Crippen LogP contribution >= 0.6 is 0 Å². The molecule has 0 radical (unpaired) electrons. The third-order valence-corrected chi connectivity index (χ3v) is 7.23. The van der Waals surface area contributed by atoms with E-state index < -0.39 is 66.9 Å². The van der Waals surface area contributed by atoms with Crippen LogP contribution in [0.3, 0.4) is 0 Å². The van der Waals surface area contributed by atoms with Crippen LogP contribution in [0.2, 0.25) is 0 Å². The van der Waals surface area contributed by atoms with E-state index in [1.54, 1.807) is 0 Å². The molecule has 2 unspecified atom stereocenters. The third-order valence-electron chi connectivity index (χ3n) is 3.01. The van der Waals surface area contributed by atoms with Crippen LogP contribution in [0, 0.1) is 29.1 Å². The summed E-state index contributed by atoms with van der Waals surface area (Å²) >= 11 is 0. The monoisotopic (exact) mass is 348 g/mol. The van der Waals surface area contributed by atoms with E-state index in [0.29, 0.717) is 6.42 Å². The van der Waals surface area contributed by atoms with Gasteiger partial charge in [-0.15, -0.1) is 0 Å². The molecule has 10 heteroatoms. The van der Waals surface area contributed by atoms with Crippen LogP contribution in [0.4, 0.5) is 22.0 Å². The molecule has 3 atom stereocenters. The molecule has 0 aromatic heterocycles. The van der Waals surface area contributed by atoms with Gasteiger partial charge in [0.15, 0.2) is 23.3 Å². The Morgan fingerprint density at radius 3 is 1.67 bits per heavy atom. The van der Waals surface area contributed by atoms with Gasteiger partial charge in [0.2, 0.25) is 5.82 Å². The van der Waals surface area contributed by atoms with Crippen molar-refractivity contribution in [1.82, 2.24) is 0 Å². The van der Waals surface area contributed by atoms with Crippen molar-refractivity contribution in [2.24, 2.45) is 0 Å². The molecule has 0 bridgehead atoms. The Balaban J connectivity index is 2.56. The number of halogens is 5. The smallest absolute Gasteiger partial charge is 0.200 e. The summed E-state index contributed by atoms with van der Waals surface area (Å²) in [5.41, 5.74) is -1.50. The minimum atomic E-state index is -2.35. The predicted octanol–water partition coefficient (Wildman–Crippen LogP) is 1.64. The molecule has 1 aromatic carbocycles. The highest BCUT2D eigenvalue weighted by molar-refractivity contribution is 8.03. The van der Waals surface area contributed by atoms with Gasteiger partial charge in [0.05, 0.1) is 5.56 Å². The largest absolute Gasteiger partial charge is 0.386 e. The summed E-state index contributed by atoms with van der Waals surface area (Å²) in [5.74, 6) is -11.1. The van der Waals surface area contributed by atoms with E-state index in [2.05, 4.69) is 0 Å². The third kappa shape index (κ3) is 2.76. The van der Waals surface area contributed by atoms with Gasteiger partial charge in [0.25, 0.3) is 0 Å². The normalized spacial score (nSPS) is 27.6. The zero-order chi connectivity index (χ0) is 15.9. The van der Waals surface area contributed by atoms with Crippen LogP contribution in [-0.4, -0.2) is 29.6 Å². The average Bonchev–Trinajstić information content (AvgIpc) is 2.43. The molecule has 1 saturated heterocycles. The molecule has 3 nitrogen and oxygen atoms in total. The number of aliphatic hydroxyl groups is 1. The van der Waals surface area contributed by atoms with Gasteiger partial charge < -0.3 is 5.11 Å². The van der Waals surface area contributed by atoms with Crippen molar-refractivity contribution < 1.29 is 35.5 Å². The highest BCUT2D eigenvalue weighted by Crippen LogP contribution is 2.33. The summed E-state index contributed by atoms with van der Waals surface area (Å²) in [7, 11) is -3.79. The Labute approximate surface area is 121 Å². The van der Waals surface area contributed by atoms with E-state index in [0.717, 1.165) is 0 Å². The summed E-state index contributed by atoms with van der Waals surface area (Å²) in [5, 5.41) is 9.87. The fraction of sp³-hybridized carbons (Fsp3) is 0.455. The van der Waals surface area contributed by atoms with Gasteiger partial charge in [0, 0.05) is 33.1 Å². The first-order valence-corrected chi connectivity index (χ1v) is 8.47. The maximum Gasteiger partial charge on any atom is 0.200 e.